The van der Waals surface area contributed by atoms with E-state index in [9.17, 15) is 14.9 Å². The van der Waals surface area contributed by atoms with Crippen molar-refractivity contribution in [3.8, 4) is 0 Å². The monoisotopic (exact) mass is 171 g/mol. The summed E-state index contributed by atoms with van der Waals surface area (Å²) in [4.78, 5) is 20.9. The molecular formula is C8H13NO3. The van der Waals surface area contributed by atoms with Crippen LogP contribution in [0.4, 0.5) is 0 Å². The van der Waals surface area contributed by atoms with Gasteiger partial charge in [-0.05, 0) is 12.8 Å². The lowest BCUT2D eigenvalue weighted by Gasteiger charge is -2.18. The van der Waals surface area contributed by atoms with Crippen LogP contribution in [0.2, 0.25) is 0 Å². The zero-order valence-corrected chi connectivity index (χ0v) is 6.99. The predicted molar refractivity (Wildman–Crippen MR) is 43.4 cm³/mol. The van der Waals surface area contributed by atoms with Crippen LogP contribution in [0.3, 0.4) is 0 Å². The second kappa shape index (κ2) is 4.18. The summed E-state index contributed by atoms with van der Waals surface area (Å²) < 4.78 is 0. The number of hydrogen-bond acceptors (Lipinski definition) is 3. The van der Waals surface area contributed by atoms with Crippen molar-refractivity contribution < 1.29 is 9.72 Å². The molecule has 1 aliphatic rings. The van der Waals surface area contributed by atoms with Gasteiger partial charge in [0.2, 0.25) is 6.54 Å². The fraction of sp³-hybridized carbons (Fsp3) is 0.875. The van der Waals surface area contributed by atoms with Gasteiger partial charge < -0.3 is 0 Å². The van der Waals surface area contributed by atoms with Gasteiger partial charge in [-0.2, -0.15) is 0 Å². The summed E-state index contributed by atoms with van der Waals surface area (Å²) in [6.07, 6.45) is 3.93. The van der Waals surface area contributed by atoms with Crippen LogP contribution in [0.1, 0.15) is 32.1 Å². The first-order valence-electron chi connectivity index (χ1n) is 4.34. The number of rotatable bonds is 3. The summed E-state index contributed by atoms with van der Waals surface area (Å²) in [6, 6.07) is 0. The fourth-order valence-corrected chi connectivity index (χ4v) is 1.62. The zero-order chi connectivity index (χ0) is 8.97. The summed E-state index contributed by atoms with van der Waals surface area (Å²) in [5, 5.41) is 10.0. The molecule has 0 amide bonds. The molecule has 0 heterocycles. The molecule has 0 aromatic rings. The Morgan fingerprint density at radius 1 is 1.50 bits per heavy atom. The van der Waals surface area contributed by atoms with Crippen molar-refractivity contribution in [2.75, 3.05) is 6.54 Å². The Hall–Kier alpha value is -0.930. The van der Waals surface area contributed by atoms with Crippen LogP contribution < -0.4 is 0 Å². The Kier molecular flexibility index (Phi) is 3.19. The molecule has 0 aromatic carbocycles. The Labute approximate surface area is 71.1 Å². The number of hydrogen-bond donors (Lipinski definition) is 0. The molecule has 12 heavy (non-hydrogen) atoms. The van der Waals surface area contributed by atoms with Gasteiger partial charge in [-0.25, -0.2) is 0 Å². The minimum Gasteiger partial charge on any atom is -0.299 e. The molecule has 68 valence electrons. The van der Waals surface area contributed by atoms with Gasteiger partial charge in [-0.15, -0.1) is 0 Å². The normalized spacial score (nSPS) is 24.0. The van der Waals surface area contributed by atoms with Crippen LogP contribution in [0, 0.1) is 16.0 Å². The molecule has 0 N–H and O–H groups in total. The Morgan fingerprint density at radius 2 is 2.25 bits per heavy atom. The van der Waals surface area contributed by atoms with Gasteiger partial charge in [0.05, 0.1) is 0 Å². The molecule has 0 radical (unpaired) electrons. The summed E-state index contributed by atoms with van der Waals surface area (Å²) in [6.45, 7) is -0.0591. The van der Waals surface area contributed by atoms with E-state index in [0.717, 1.165) is 19.3 Å². The zero-order valence-electron chi connectivity index (χ0n) is 6.99. The van der Waals surface area contributed by atoms with Gasteiger partial charge in [0.25, 0.3) is 0 Å². The summed E-state index contributed by atoms with van der Waals surface area (Å²) >= 11 is 0. The van der Waals surface area contributed by atoms with E-state index < -0.39 is 0 Å². The quantitative estimate of drug-likeness (QED) is 0.476. The molecule has 0 aromatic heterocycles. The first-order chi connectivity index (χ1) is 5.70. The van der Waals surface area contributed by atoms with E-state index in [-0.39, 0.29) is 23.2 Å². The molecule has 1 rings (SSSR count). The maximum Gasteiger partial charge on any atom is 0.204 e. The predicted octanol–water partition coefficient (Wildman–Crippen LogP) is 1.41. The number of ketones is 1. The van der Waals surface area contributed by atoms with Crippen LogP contribution in [-0.4, -0.2) is 17.3 Å². The third kappa shape index (κ3) is 2.60. The standard InChI is InChI=1S/C8H13NO3/c10-8-4-2-1-3-7(8)5-6-9(11)12/h7H,1-6H2. The van der Waals surface area contributed by atoms with Crippen molar-refractivity contribution in [1.82, 2.24) is 0 Å². The molecule has 0 bridgehead atoms. The number of nitrogens with zero attached hydrogens (tertiary/aromatic N) is 1. The average molecular weight is 171 g/mol. The average Bonchev–Trinajstić information content (AvgIpc) is 2.03. The highest BCUT2D eigenvalue weighted by Crippen LogP contribution is 2.22. The summed E-state index contributed by atoms with van der Waals surface area (Å²) in [7, 11) is 0. The van der Waals surface area contributed by atoms with Crippen LogP contribution in [0.25, 0.3) is 0 Å². The number of Topliss-reactive ketones (excluding diaryl/α,β-unsaturated/α-hetero) is 1. The molecule has 1 unspecified atom stereocenters. The third-order valence-corrected chi connectivity index (χ3v) is 2.34. The Bertz CT molecular complexity index is 191. The third-order valence-electron chi connectivity index (χ3n) is 2.34. The highest BCUT2D eigenvalue weighted by atomic mass is 16.6. The smallest absolute Gasteiger partial charge is 0.204 e. The second-order valence-corrected chi connectivity index (χ2v) is 3.25. The maximum absolute atomic E-state index is 11.2. The Balaban J connectivity index is 2.29. The first-order valence-corrected chi connectivity index (χ1v) is 4.34. The van der Waals surface area contributed by atoms with Gasteiger partial charge >= 0.3 is 0 Å². The van der Waals surface area contributed by atoms with E-state index >= 15 is 0 Å². The van der Waals surface area contributed by atoms with E-state index in [1.807, 2.05) is 0 Å². The van der Waals surface area contributed by atoms with E-state index in [2.05, 4.69) is 0 Å². The van der Waals surface area contributed by atoms with Crippen molar-refractivity contribution in [2.45, 2.75) is 32.1 Å². The van der Waals surface area contributed by atoms with Crippen molar-refractivity contribution in [3.63, 3.8) is 0 Å². The fourth-order valence-electron chi connectivity index (χ4n) is 1.62. The number of carbonyl (C=O) groups is 1. The van der Waals surface area contributed by atoms with E-state index in [1.54, 1.807) is 0 Å². The van der Waals surface area contributed by atoms with Crippen molar-refractivity contribution in [2.24, 2.45) is 5.92 Å². The lowest BCUT2D eigenvalue weighted by Crippen LogP contribution is -2.21. The topological polar surface area (TPSA) is 60.2 Å². The summed E-state index contributed by atoms with van der Waals surface area (Å²) in [5.74, 6) is 0.201. The molecule has 0 spiro atoms. The second-order valence-electron chi connectivity index (χ2n) is 3.25. The molecule has 4 nitrogen and oxygen atoms in total. The van der Waals surface area contributed by atoms with E-state index in [4.69, 9.17) is 0 Å². The highest BCUT2D eigenvalue weighted by molar-refractivity contribution is 5.81. The number of nitro groups is 1. The van der Waals surface area contributed by atoms with Crippen molar-refractivity contribution in [1.29, 1.82) is 0 Å². The molecule has 1 atom stereocenters. The van der Waals surface area contributed by atoms with Crippen LogP contribution in [0.5, 0.6) is 0 Å². The van der Waals surface area contributed by atoms with Crippen molar-refractivity contribution >= 4 is 5.78 Å². The molecular weight excluding hydrogens is 158 g/mol. The molecule has 1 saturated carbocycles. The van der Waals surface area contributed by atoms with Gasteiger partial charge in [0, 0.05) is 23.7 Å². The number of carbonyl (C=O) groups excluding carboxylic acids is 1. The minimum atomic E-state index is -0.345. The SMILES string of the molecule is O=C1CCCCC1CC[N+](=O)[O-]. The molecule has 0 saturated heterocycles. The first kappa shape index (κ1) is 9.16. The maximum atomic E-state index is 11.2. The van der Waals surface area contributed by atoms with Crippen LogP contribution in [-0.2, 0) is 4.79 Å². The van der Waals surface area contributed by atoms with Crippen molar-refractivity contribution in [3.05, 3.63) is 10.1 Å². The molecule has 0 aliphatic heterocycles. The lowest BCUT2D eigenvalue weighted by atomic mass is 9.86. The van der Waals surface area contributed by atoms with E-state index in [1.165, 1.54) is 0 Å². The van der Waals surface area contributed by atoms with Gasteiger partial charge in [-0.3, -0.25) is 14.9 Å². The molecule has 4 heteroatoms. The van der Waals surface area contributed by atoms with Gasteiger partial charge in [0.1, 0.15) is 5.78 Å². The Morgan fingerprint density at radius 3 is 2.83 bits per heavy atom. The molecule has 1 aliphatic carbocycles. The molecule has 1 fully saturated rings. The minimum absolute atomic E-state index is 0.0239. The van der Waals surface area contributed by atoms with E-state index in [0.29, 0.717) is 12.8 Å². The van der Waals surface area contributed by atoms with Crippen LogP contribution in [0.15, 0.2) is 0 Å². The summed E-state index contributed by atoms with van der Waals surface area (Å²) in [5.41, 5.74) is 0. The van der Waals surface area contributed by atoms with Crippen LogP contribution >= 0.6 is 0 Å². The largest absolute Gasteiger partial charge is 0.299 e. The van der Waals surface area contributed by atoms with Gasteiger partial charge in [-0.1, -0.05) is 6.42 Å². The lowest BCUT2D eigenvalue weighted by molar-refractivity contribution is -0.481. The highest BCUT2D eigenvalue weighted by Gasteiger charge is 2.23. The van der Waals surface area contributed by atoms with Gasteiger partial charge in [0.15, 0.2) is 0 Å².